The van der Waals surface area contributed by atoms with E-state index in [9.17, 15) is 4.79 Å². The van der Waals surface area contributed by atoms with Crippen molar-refractivity contribution in [2.75, 3.05) is 13.1 Å². The molecule has 0 aliphatic carbocycles. The molecule has 4 nitrogen and oxygen atoms in total. The maximum absolute atomic E-state index is 12.6. The summed E-state index contributed by atoms with van der Waals surface area (Å²) in [6, 6.07) is 7.92. The number of hydrogen-bond donors (Lipinski definition) is 0. The van der Waals surface area contributed by atoms with Gasteiger partial charge in [0.15, 0.2) is 0 Å². The largest absolute Gasteiger partial charge is 0.372 e. The Balaban J connectivity index is 1.60. The quantitative estimate of drug-likeness (QED) is 0.771. The van der Waals surface area contributed by atoms with Gasteiger partial charge in [-0.15, -0.1) is 11.3 Å². The molecule has 1 aromatic carbocycles. The SMILES string of the molecule is Cc1csc(SCc2ccc(C(=O)N3C[C@H](C)O[C@@H](C)C3)cc2)n1. The zero-order chi connectivity index (χ0) is 17.1. The molecule has 1 saturated heterocycles. The lowest BCUT2D eigenvalue weighted by molar-refractivity contribution is -0.0586. The number of benzene rings is 1. The van der Waals surface area contributed by atoms with Crippen molar-refractivity contribution in [3.05, 3.63) is 46.5 Å². The van der Waals surface area contributed by atoms with Crippen LogP contribution in [-0.4, -0.2) is 41.1 Å². The van der Waals surface area contributed by atoms with E-state index in [1.807, 2.05) is 49.9 Å². The van der Waals surface area contributed by atoms with Gasteiger partial charge in [-0.2, -0.15) is 0 Å². The van der Waals surface area contributed by atoms with E-state index in [1.165, 1.54) is 5.56 Å². The molecule has 24 heavy (non-hydrogen) atoms. The summed E-state index contributed by atoms with van der Waals surface area (Å²) in [5.41, 5.74) is 3.01. The van der Waals surface area contributed by atoms with E-state index >= 15 is 0 Å². The van der Waals surface area contributed by atoms with Crippen molar-refractivity contribution in [1.82, 2.24) is 9.88 Å². The summed E-state index contributed by atoms with van der Waals surface area (Å²) >= 11 is 3.41. The van der Waals surface area contributed by atoms with Crippen molar-refractivity contribution >= 4 is 29.0 Å². The summed E-state index contributed by atoms with van der Waals surface area (Å²) in [7, 11) is 0. The lowest BCUT2D eigenvalue weighted by atomic mass is 10.1. The number of thiazole rings is 1. The van der Waals surface area contributed by atoms with Crippen molar-refractivity contribution in [3.63, 3.8) is 0 Å². The Hall–Kier alpha value is -1.37. The average Bonchev–Trinajstić information content (AvgIpc) is 2.97. The summed E-state index contributed by atoms with van der Waals surface area (Å²) in [5, 5.41) is 2.06. The molecular weight excluding hydrogens is 340 g/mol. The fraction of sp³-hybridized carbons (Fsp3) is 0.444. The van der Waals surface area contributed by atoms with Crippen LogP contribution in [-0.2, 0) is 10.5 Å². The predicted octanol–water partition coefficient (Wildman–Crippen LogP) is 3.99. The first-order valence-corrected chi connectivity index (χ1v) is 9.96. The van der Waals surface area contributed by atoms with E-state index in [4.69, 9.17) is 4.74 Å². The van der Waals surface area contributed by atoms with Crippen LogP contribution in [0.25, 0.3) is 0 Å². The highest BCUT2D eigenvalue weighted by Crippen LogP contribution is 2.26. The van der Waals surface area contributed by atoms with E-state index in [1.54, 1.807) is 23.1 Å². The summed E-state index contributed by atoms with van der Waals surface area (Å²) in [6.45, 7) is 7.34. The molecule has 1 aromatic heterocycles. The van der Waals surface area contributed by atoms with Crippen LogP contribution in [0.3, 0.4) is 0 Å². The maximum atomic E-state index is 12.6. The molecule has 0 saturated carbocycles. The summed E-state index contributed by atoms with van der Waals surface area (Å²) in [5.74, 6) is 0.958. The predicted molar refractivity (Wildman–Crippen MR) is 98.8 cm³/mol. The van der Waals surface area contributed by atoms with E-state index in [-0.39, 0.29) is 18.1 Å². The average molecular weight is 363 g/mol. The molecule has 2 aromatic rings. The first kappa shape index (κ1) is 17.5. The van der Waals surface area contributed by atoms with Gasteiger partial charge in [0, 0.05) is 35.5 Å². The Labute approximate surface area is 151 Å². The number of carbonyl (C=O) groups is 1. The Morgan fingerprint density at radius 3 is 2.54 bits per heavy atom. The number of ether oxygens (including phenoxy) is 1. The summed E-state index contributed by atoms with van der Waals surface area (Å²) in [6.07, 6.45) is 0.185. The molecule has 2 heterocycles. The second-order valence-corrected chi connectivity index (χ2v) is 8.29. The molecule has 0 bridgehead atoms. The molecule has 2 atom stereocenters. The molecule has 1 aliphatic rings. The fourth-order valence-corrected chi connectivity index (χ4v) is 4.62. The van der Waals surface area contributed by atoms with E-state index in [2.05, 4.69) is 10.4 Å². The summed E-state index contributed by atoms with van der Waals surface area (Å²) in [4.78, 5) is 19.0. The highest BCUT2D eigenvalue weighted by atomic mass is 32.2. The second-order valence-electron chi connectivity index (χ2n) is 6.21. The Morgan fingerprint density at radius 1 is 1.29 bits per heavy atom. The number of rotatable bonds is 4. The first-order chi connectivity index (χ1) is 11.5. The standard InChI is InChI=1S/C18H22N2O2S2/c1-12-10-23-18(19-12)24-11-15-4-6-16(7-5-15)17(21)20-8-13(2)22-14(3)9-20/h4-7,10,13-14H,8-9,11H2,1-3H3/t13-,14-/m0/s1. The van der Waals surface area contributed by atoms with Gasteiger partial charge in [0.05, 0.1) is 12.2 Å². The molecule has 1 aliphatic heterocycles. The van der Waals surface area contributed by atoms with Crippen LogP contribution in [0.4, 0.5) is 0 Å². The molecule has 1 amide bonds. The normalized spacial score (nSPS) is 21.0. The zero-order valence-corrected chi connectivity index (χ0v) is 15.8. The molecule has 0 N–H and O–H groups in total. The topological polar surface area (TPSA) is 42.4 Å². The van der Waals surface area contributed by atoms with Crippen molar-refractivity contribution in [2.45, 2.75) is 43.1 Å². The van der Waals surface area contributed by atoms with Gasteiger partial charge in [-0.3, -0.25) is 4.79 Å². The maximum Gasteiger partial charge on any atom is 0.254 e. The highest BCUT2D eigenvalue weighted by molar-refractivity contribution is 8.00. The van der Waals surface area contributed by atoms with Crippen molar-refractivity contribution < 1.29 is 9.53 Å². The number of hydrogen-bond acceptors (Lipinski definition) is 5. The molecule has 128 valence electrons. The van der Waals surface area contributed by atoms with Crippen molar-refractivity contribution in [2.24, 2.45) is 0 Å². The van der Waals surface area contributed by atoms with Crippen molar-refractivity contribution in [3.8, 4) is 0 Å². The van der Waals surface area contributed by atoms with Crippen molar-refractivity contribution in [1.29, 1.82) is 0 Å². The van der Waals surface area contributed by atoms with Crippen LogP contribution in [0, 0.1) is 6.92 Å². The third-order valence-electron chi connectivity index (χ3n) is 3.87. The Kier molecular flexibility index (Phi) is 5.58. The first-order valence-electron chi connectivity index (χ1n) is 8.10. The minimum Gasteiger partial charge on any atom is -0.372 e. The number of thioether (sulfide) groups is 1. The lowest BCUT2D eigenvalue weighted by Crippen LogP contribution is -2.48. The Morgan fingerprint density at radius 2 is 1.96 bits per heavy atom. The van der Waals surface area contributed by atoms with E-state index in [0.29, 0.717) is 13.1 Å². The molecule has 3 rings (SSSR count). The number of aromatic nitrogens is 1. The van der Waals surface area contributed by atoms with Crippen LogP contribution in [0.1, 0.15) is 35.5 Å². The van der Waals surface area contributed by atoms with Crippen LogP contribution >= 0.6 is 23.1 Å². The molecule has 1 fully saturated rings. The van der Waals surface area contributed by atoms with Crippen LogP contribution < -0.4 is 0 Å². The van der Waals surface area contributed by atoms with Gasteiger partial charge in [0.2, 0.25) is 0 Å². The molecule has 0 spiro atoms. The summed E-state index contributed by atoms with van der Waals surface area (Å²) < 4.78 is 6.78. The number of morpholine rings is 1. The minimum absolute atomic E-state index is 0.0896. The monoisotopic (exact) mass is 362 g/mol. The number of nitrogens with zero attached hydrogens (tertiary/aromatic N) is 2. The minimum atomic E-state index is 0.0896. The highest BCUT2D eigenvalue weighted by Gasteiger charge is 2.26. The zero-order valence-electron chi connectivity index (χ0n) is 14.2. The second kappa shape index (κ2) is 7.68. The number of carbonyl (C=O) groups excluding carboxylic acids is 1. The molecule has 6 heteroatoms. The van der Waals surface area contributed by atoms with Crippen LogP contribution in [0.5, 0.6) is 0 Å². The fourth-order valence-electron chi connectivity index (χ4n) is 2.81. The third-order valence-corrected chi connectivity index (χ3v) is 6.08. The van der Waals surface area contributed by atoms with Gasteiger partial charge in [0.25, 0.3) is 5.91 Å². The number of aryl methyl sites for hydroxylation is 1. The van der Waals surface area contributed by atoms with Crippen LogP contribution in [0.2, 0.25) is 0 Å². The molecule has 0 unspecified atom stereocenters. The third kappa shape index (κ3) is 4.37. The smallest absolute Gasteiger partial charge is 0.254 e. The van der Waals surface area contributed by atoms with Crippen LogP contribution in [0.15, 0.2) is 34.0 Å². The Bertz CT molecular complexity index is 689. The van der Waals surface area contributed by atoms with Gasteiger partial charge in [-0.25, -0.2) is 4.98 Å². The lowest BCUT2D eigenvalue weighted by Gasteiger charge is -2.35. The van der Waals surface area contributed by atoms with Gasteiger partial charge in [-0.1, -0.05) is 23.9 Å². The van der Waals surface area contributed by atoms with Gasteiger partial charge in [0.1, 0.15) is 4.34 Å². The van der Waals surface area contributed by atoms with Gasteiger partial charge < -0.3 is 9.64 Å². The molecule has 0 radical (unpaired) electrons. The van der Waals surface area contributed by atoms with E-state index < -0.39 is 0 Å². The van der Waals surface area contributed by atoms with E-state index in [0.717, 1.165) is 21.3 Å². The molecular formula is C18H22N2O2S2. The number of amides is 1. The van der Waals surface area contributed by atoms with Gasteiger partial charge >= 0.3 is 0 Å². The van der Waals surface area contributed by atoms with Gasteiger partial charge in [-0.05, 0) is 38.5 Å².